The number of anilines is 1. The van der Waals surface area contributed by atoms with E-state index >= 15 is 0 Å². The van der Waals surface area contributed by atoms with Gasteiger partial charge in [0.1, 0.15) is 5.82 Å². The van der Waals surface area contributed by atoms with Gasteiger partial charge in [0.05, 0.1) is 5.75 Å². The van der Waals surface area contributed by atoms with Gasteiger partial charge in [0.25, 0.3) is 0 Å². The normalized spacial score (nSPS) is 17.7. The summed E-state index contributed by atoms with van der Waals surface area (Å²) in [4.78, 5) is 2.31. The maximum Gasteiger partial charge on any atom is 0.215 e. The van der Waals surface area contributed by atoms with E-state index in [2.05, 4.69) is 41.7 Å². The molecule has 26 heavy (non-hydrogen) atoms. The lowest BCUT2D eigenvalue weighted by molar-refractivity contribution is 0.541. The van der Waals surface area contributed by atoms with Gasteiger partial charge in [0.15, 0.2) is 0 Å². The zero-order chi connectivity index (χ0) is 18.7. The molecule has 0 aromatic heterocycles. The molecule has 1 atom stereocenters. The van der Waals surface area contributed by atoms with Crippen molar-refractivity contribution in [2.45, 2.75) is 26.0 Å². The Morgan fingerprint density at radius 1 is 1.12 bits per heavy atom. The first-order valence-electron chi connectivity index (χ1n) is 8.86. The van der Waals surface area contributed by atoms with Crippen LogP contribution >= 0.6 is 0 Å². The van der Waals surface area contributed by atoms with Crippen LogP contribution in [-0.4, -0.2) is 28.1 Å². The molecule has 0 amide bonds. The van der Waals surface area contributed by atoms with E-state index < -0.39 is 10.0 Å². The van der Waals surface area contributed by atoms with Gasteiger partial charge in [0, 0.05) is 25.3 Å². The number of nitrogens with one attached hydrogen (secondary N) is 1. The minimum absolute atomic E-state index is 0.124. The molecule has 6 heteroatoms. The summed E-state index contributed by atoms with van der Waals surface area (Å²) in [5.41, 5.74) is 4.33. The summed E-state index contributed by atoms with van der Waals surface area (Å²) >= 11 is 0. The lowest BCUT2D eigenvalue weighted by atomic mass is 10.1. The molecule has 0 radical (unpaired) electrons. The molecule has 1 aliphatic rings. The quantitative estimate of drug-likeness (QED) is 0.841. The fourth-order valence-corrected chi connectivity index (χ4v) is 4.47. The monoisotopic (exact) mass is 376 g/mol. The largest absolute Gasteiger partial charge is 0.371 e. The van der Waals surface area contributed by atoms with E-state index in [4.69, 9.17) is 0 Å². The molecule has 1 aliphatic heterocycles. The first-order valence-corrected chi connectivity index (χ1v) is 10.5. The summed E-state index contributed by atoms with van der Waals surface area (Å²) in [5, 5.41) is 0. The van der Waals surface area contributed by atoms with E-state index in [9.17, 15) is 12.8 Å². The van der Waals surface area contributed by atoms with Gasteiger partial charge >= 0.3 is 0 Å². The molecule has 1 heterocycles. The van der Waals surface area contributed by atoms with Crippen LogP contribution in [0.15, 0.2) is 42.5 Å². The molecular weight excluding hydrogens is 351 g/mol. The van der Waals surface area contributed by atoms with Crippen molar-refractivity contribution in [2.75, 3.05) is 24.5 Å². The first-order chi connectivity index (χ1) is 12.3. The van der Waals surface area contributed by atoms with Gasteiger partial charge in [0.2, 0.25) is 10.0 Å². The molecule has 1 fully saturated rings. The van der Waals surface area contributed by atoms with Crippen LogP contribution in [0.1, 0.15) is 23.1 Å². The van der Waals surface area contributed by atoms with Crippen molar-refractivity contribution < 1.29 is 12.8 Å². The van der Waals surface area contributed by atoms with E-state index in [1.807, 2.05) is 0 Å². The molecule has 0 saturated carbocycles. The second kappa shape index (κ2) is 7.76. The van der Waals surface area contributed by atoms with E-state index in [-0.39, 0.29) is 11.6 Å². The lowest BCUT2D eigenvalue weighted by Gasteiger charge is -2.20. The number of rotatable bonds is 6. The van der Waals surface area contributed by atoms with Gasteiger partial charge in [-0.1, -0.05) is 18.2 Å². The molecule has 0 spiro atoms. The van der Waals surface area contributed by atoms with Crippen LogP contribution in [0.25, 0.3) is 0 Å². The standard InChI is InChI=1S/C20H25FN2O2S/c1-15-3-8-20(11-16(15)2)23-10-9-18(13-23)12-22-26(24,25)14-17-4-6-19(21)7-5-17/h3-8,11,18,22H,9-10,12-14H2,1-2H3. The SMILES string of the molecule is Cc1ccc(N2CCC(CNS(=O)(=O)Cc3ccc(F)cc3)C2)cc1C. The van der Waals surface area contributed by atoms with E-state index in [0.29, 0.717) is 18.0 Å². The molecular formula is C20H25FN2O2S. The average Bonchev–Trinajstić information content (AvgIpc) is 3.07. The van der Waals surface area contributed by atoms with Crippen LogP contribution in [0, 0.1) is 25.6 Å². The molecule has 2 aromatic rings. The third-order valence-corrected chi connectivity index (χ3v) is 6.32. The van der Waals surface area contributed by atoms with Gasteiger partial charge in [-0.2, -0.15) is 0 Å². The van der Waals surface area contributed by atoms with Crippen molar-refractivity contribution in [3.05, 3.63) is 65.0 Å². The fourth-order valence-electron chi connectivity index (χ4n) is 3.25. The summed E-state index contributed by atoms with van der Waals surface area (Å²) in [7, 11) is -3.42. The summed E-state index contributed by atoms with van der Waals surface area (Å²) in [6.45, 7) is 6.43. The highest BCUT2D eigenvalue weighted by Gasteiger charge is 2.24. The number of halogens is 1. The Kier molecular flexibility index (Phi) is 5.63. The van der Waals surface area contributed by atoms with Crippen LogP contribution < -0.4 is 9.62 Å². The minimum atomic E-state index is -3.42. The van der Waals surface area contributed by atoms with Crippen molar-refractivity contribution in [1.29, 1.82) is 0 Å². The molecule has 1 saturated heterocycles. The lowest BCUT2D eigenvalue weighted by Crippen LogP contribution is -2.32. The molecule has 3 rings (SSSR count). The zero-order valence-electron chi connectivity index (χ0n) is 15.2. The molecule has 4 nitrogen and oxygen atoms in total. The Morgan fingerprint density at radius 3 is 2.54 bits per heavy atom. The Hall–Kier alpha value is -1.92. The molecule has 1 unspecified atom stereocenters. The van der Waals surface area contributed by atoms with Gasteiger partial charge in [-0.15, -0.1) is 0 Å². The number of nitrogens with zero attached hydrogens (tertiary/aromatic N) is 1. The molecule has 0 aliphatic carbocycles. The molecule has 140 valence electrons. The van der Waals surface area contributed by atoms with E-state index in [0.717, 1.165) is 19.5 Å². The highest BCUT2D eigenvalue weighted by Crippen LogP contribution is 2.25. The summed E-state index contributed by atoms with van der Waals surface area (Å²) in [6.07, 6.45) is 0.964. The average molecular weight is 376 g/mol. The fraction of sp³-hybridized carbons (Fsp3) is 0.400. The third-order valence-electron chi connectivity index (χ3n) is 5.00. The highest BCUT2D eigenvalue weighted by molar-refractivity contribution is 7.88. The van der Waals surface area contributed by atoms with Crippen molar-refractivity contribution in [1.82, 2.24) is 4.72 Å². The predicted molar refractivity (Wildman–Crippen MR) is 103 cm³/mol. The van der Waals surface area contributed by atoms with Crippen LogP contribution in [-0.2, 0) is 15.8 Å². The summed E-state index contributed by atoms with van der Waals surface area (Å²) in [5.74, 6) is -0.197. The smallest absolute Gasteiger partial charge is 0.215 e. The number of hydrogen-bond acceptors (Lipinski definition) is 3. The molecule has 0 bridgehead atoms. The Balaban J connectivity index is 1.53. The second-order valence-electron chi connectivity index (χ2n) is 7.10. The van der Waals surface area contributed by atoms with Crippen molar-refractivity contribution in [2.24, 2.45) is 5.92 Å². The van der Waals surface area contributed by atoms with Crippen LogP contribution in [0.4, 0.5) is 10.1 Å². The highest BCUT2D eigenvalue weighted by atomic mass is 32.2. The van der Waals surface area contributed by atoms with Gasteiger partial charge in [-0.3, -0.25) is 0 Å². The van der Waals surface area contributed by atoms with Gasteiger partial charge < -0.3 is 4.90 Å². The third kappa shape index (κ3) is 4.83. The maximum atomic E-state index is 12.9. The van der Waals surface area contributed by atoms with E-state index in [1.165, 1.54) is 41.1 Å². The van der Waals surface area contributed by atoms with Crippen LogP contribution in [0.2, 0.25) is 0 Å². The van der Waals surface area contributed by atoms with Crippen LogP contribution in [0.3, 0.4) is 0 Å². The minimum Gasteiger partial charge on any atom is -0.371 e. The van der Waals surface area contributed by atoms with Gasteiger partial charge in [-0.05, 0) is 67.1 Å². The number of aryl methyl sites for hydroxylation is 2. The van der Waals surface area contributed by atoms with Crippen molar-refractivity contribution in [3.63, 3.8) is 0 Å². The Labute approximate surface area is 155 Å². The Bertz CT molecular complexity index is 866. The number of sulfonamides is 1. The number of hydrogen-bond donors (Lipinski definition) is 1. The molecule has 1 N–H and O–H groups in total. The number of benzene rings is 2. The van der Waals surface area contributed by atoms with Crippen molar-refractivity contribution >= 4 is 15.7 Å². The predicted octanol–water partition coefficient (Wildman–Crippen LogP) is 3.39. The zero-order valence-corrected chi connectivity index (χ0v) is 16.0. The maximum absolute atomic E-state index is 12.9. The Morgan fingerprint density at radius 2 is 1.85 bits per heavy atom. The summed E-state index contributed by atoms with van der Waals surface area (Å²) in [6, 6.07) is 12.0. The molecule has 2 aromatic carbocycles. The second-order valence-corrected chi connectivity index (χ2v) is 8.91. The van der Waals surface area contributed by atoms with E-state index in [1.54, 1.807) is 0 Å². The topological polar surface area (TPSA) is 49.4 Å². The van der Waals surface area contributed by atoms with Crippen LogP contribution in [0.5, 0.6) is 0 Å². The van der Waals surface area contributed by atoms with Crippen molar-refractivity contribution in [3.8, 4) is 0 Å². The van der Waals surface area contributed by atoms with Gasteiger partial charge in [-0.25, -0.2) is 17.5 Å². The summed E-state index contributed by atoms with van der Waals surface area (Å²) < 4.78 is 40.1. The first kappa shape index (κ1) is 18.9.